The molecule has 0 saturated heterocycles. The molecule has 6 aromatic carbocycles. The predicted molar refractivity (Wildman–Crippen MR) is 200 cm³/mol. The van der Waals surface area contributed by atoms with E-state index >= 15 is 0 Å². The van der Waals surface area contributed by atoms with Gasteiger partial charge in [0.05, 0.1) is 0 Å². The maximum atomic E-state index is 6.34. The van der Waals surface area contributed by atoms with Crippen molar-refractivity contribution in [2.24, 2.45) is 0 Å². The molecule has 0 saturated carbocycles. The number of nitrogens with zero attached hydrogens (tertiary/aromatic N) is 3. The van der Waals surface area contributed by atoms with Crippen LogP contribution in [0, 0.1) is 0 Å². The summed E-state index contributed by atoms with van der Waals surface area (Å²) in [5.41, 5.74) is 8.14. The lowest BCUT2D eigenvalue weighted by molar-refractivity contribution is 0.603. The second-order valence-corrected chi connectivity index (χ2v) is 12.1. The summed E-state index contributed by atoms with van der Waals surface area (Å²) >= 11 is 0. The highest BCUT2D eigenvalue weighted by Crippen LogP contribution is 2.41. The molecule has 3 heterocycles. The lowest BCUT2D eigenvalue weighted by Crippen LogP contribution is -2.05. The summed E-state index contributed by atoms with van der Waals surface area (Å²) in [6, 6.07) is 47.1. The molecule has 9 rings (SSSR count). The molecule has 0 N–H and O–H groups in total. The Morgan fingerprint density at radius 3 is 1.98 bits per heavy atom. The number of rotatable bonds is 6. The third kappa shape index (κ3) is 4.83. The first-order valence-corrected chi connectivity index (χ1v) is 16.2. The van der Waals surface area contributed by atoms with Crippen molar-refractivity contribution in [3.63, 3.8) is 0 Å². The van der Waals surface area contributed by atoms with Crippen molar-refractivity contribution in [2.75, 3.05) is 0 Å². The Balaban J connectivity index is 1.32. The van der Waals surface area contributed by atoms with Crippen molar-refractivity contribution in [2.45, 2.75) is 6.92 Å². The number of para-hydroxylation sites is 2. The third-order valence-corrected chi connectivity index (χ3v) is 9.15. The molecule has 5 nitrogen and oxygen atoms in total. The van der Waals surface area contributed by atoms with Crippen LogP contribution < -0.4 is 0 Å². The van der Waals surface area contributed by atoms with Gasteiger partial charge in [-0.15, -0.1) is 0 Å². The first-order chi connectivity index (χ1) is 24.2. The fraction of sp³-hybridized carbons (Fsp3) is 0.0227. The van der Waals surface area contributed by atoms with Gasteiger partial charge in [-0.05, 0) is 59.2 Å². The first-order valence-electron chi connectivity index (χ1n) is 16.2. The van der Waals surface area contributed by atoms with Crippen LogP contribution in [0.1, 0.15) is 29.6 Å². The topological polar surface area (TPSA) is 65.0 Å². The molecule has 49 heavy (non-hydrogen) atoms. The summed E-state index contributed by atoms with van der Waals surface area (Å²) in [6.07, 6.45) is 1.76. The van der Waals surface area contributed by atoms with Crippen LogP contribution in [0.2, 0.25) is 0 Å². The van der Waals surface area contributed by atoms with E-state index in [0.29, 0.717) is 23.2 Å². The van der Waals surface area contributed by atoms with Gasteiger partial charge in [0.25, 0.3) is 0 Å². The highest BCUT2D eigenvalue weighted by Gasteiger charge is 2.24. The Kier molecular flexibility index (Phi) is 6.76. The number of hydrogen-bond acceptors (Lipinski definition) is 5. The average molecular weight is 632 g/mol. The Hall–Kier alpha value is -6.59. The molecule has 0 amide bonds. The van der Waals surface area contributed by atoms with E-state index in [-0.39, 0.29) is 0 Å². The van der Waals surface area contributed by atoms with E-state index < -0.39 is 0 Å². The first kappa shape index (κ1) is 28.6. The van der Waals surface area contributed by atoms with Crippen LogP contribution in [-0.4, -0.2) is 15.0 Å². The second-order valence-electron chi connectivity index (χ2n) is 12.1. The molecule has 0 aliphatic carbocycles. The molecule has 5 heteroatoms. The number of aromatic nitrogens is 3. The molecular formula is C44H29N3O2. The van der Waals surface area contributed by atoms with Gasteiger partial charge in [-0.1, -0.05) is 122 Å². The summed E-state index contributed by atoms with van der Waals surface area (Å²) in [7, 11) is 0. The molecule has 0 aliphatic rings. The van der Waals surface area contributed by atoms with Gasteiger partial charge in [0, 0.05) is 38.4 Å². The van der Waals surface area contributed by atoms with Gasteiger partial charge in [-0.3, -0.25) is 0 Å². The summed E-state index contributed by atoms with van der Waals surface area (Å²) in [5, 5.41) is 5.36. The summed E-state index contributed by atoms with van der Waals surface area (Å²) in [5.74, 6) is 2.38. The number of furan rings is 2. The Labute approximate surface area is 282 Å². The zero-order valence-electron chi connectivity index (χ0n) is 26.7. The molecule has 0 fully saturated rings. The Morgan fingerprint density at radius 2 is 1.22 bits per heavy atom. The van der Waals surface area contributed by atoms with E-state index in [1.54, 1.807) is 6.08 Å². The standard InChI is InChI=1S/C44H29N3O2/c1-3-35-41(34-19-11-13-21-37(34)48-35)39(27(2)28-14-6-4-7-15-28)44-46-42(29-16-8-5-9-17-29)45-43(47-44)31-22-24-32-30(26-31)23-25-38-40(32)33-18-10-12-20-36(33)49-38/h3-26H,1H2,2H3/b39-27-. The molecule has 232 valence electrons. The van der Waals surface area contributed by atoms with E-state index in [1.807, 2.05) is 91.0 Å². The van der Waals surface area contributed by atoms with Crippen LogP contribution in [-0.2, 0) is 0 Å². The van der Waals surface area contributed by atoms with E-state index in [2.05, 4.69) is 62.0 Å². The van der Waals surface area contributed by atoms with E-state index in [9.17, 15) is 0 Å². The number of fused-ring (bicyclic) bond motifs is 6. The van der Waals surface area contributed by atoms with Crippen molar-refractivity contribution in [3.8, 4) is 22.8 Å². The van der Waals surface area contributed by atoms with Crippen LogP contribution >= 0.6 is 0 Å². The number of benzene rings is 6. The lowest BCUT2D eigenvalue weighted by Gasteiger charge is -2.15. The minimum atomic E-state index is 0.552. The summed E-state index contributed by atoms with van der Waals surface area (Å²) in [6.45, 7) is 6.23. The molecule has 0 radical (unpaired) electrons. The monoisotopic (exact) mass is 631 g/mol. The zero-order chi connectivity index (χ0) is 32.9. The average Bonchev–Trinajstić information content (AvgIpc) is 3.74. The van der Waals surface area contributed by atoms with Crippen molar-refractivity contribution in [3.05, 3.63) is 169 Å². The quantitative estimate of drug-likeness (QED) is 0.183. The predicted octanol–water partition coefficient (Wildman–Crippen LogP) is 11.6. The maximum Gasteiger partial charge on any atom is 0.165 e. The third-order valence-electron chi connectivity index (χ3n) is 9.15. The molecule has 9 aromatic rings. The van der Waals surface area contributed by atoms with Crippen LogP contribution in [0.5, 0.6) is 0 Å². The molecule has 0 bridgehead atoms. The molecule has 0 aliphatic heterocycles. The van der Waals surface area contributed by atoms with Crippen molar-refractivity contribution < 1.29 is 8.83 Å². The van der Waals surface area contributed by atoms with Gasteiger partial charge >= 0.3 is 0 Å². The Bertz CT molecular complexity index is 2740. The molecular weight excluding hydrogens is 603 g/mol. The molecule has 3 aromatic heterocycles. The fourth-order valence-corrected chi connectivity index (χ4v) is 6.79. The smallest absolute Gasteiger partial charge is 0.165 e. The van der Waals surface area contributed by atoms with Crippen molar-refractivity contribution in [1.29, 1.82) is 0 Å². The van der Waals surface area contributed by atoms with Crippen LogP contribution in [0.4, 0.5) is 0 Å². The molecule has 0 unspecified atom stereocenters. The van der Waals surface area contributed by atoms with E-state index in [4.69, 9.17) is 23.8 Å². The van der Waals surface area contributed by atoms with Crippen LogP contribution in [0.25, 0.3) is 83.7 Å². The second kappa shape index (κ2) is 11.6. The number of allylic oxidation sites excluding steroid dienone is 1. The van der Waals surface area contributed by atoms with E-state index in [1.165, 1.54) is 0 Å². The van der Waals surface area contributed by atoms with Crippen LogP contribution in [0.15, 0.2) is 155 Å². The fourth-order valence-electron chi connectivity index (χ4n) is 6.79. The maximum absolute atomic E-state index is 6.34. The highest BCUT2D eigenvalue weighted by atomic mass is 16.3. The summed E-state index contributed by atoms with van der Waals surface area (Å²) in [4.78, 5) is 15.5. The van der Waals surface area contributed by atoms with Gasteiger partial charge in [0.2, 0.25) is 0 Å². The van der Waals surface area contributed by atoms with Gasteiger partial charge in [-0.25, -0.2) is 15.0 Å². The van der Waals surface area contributed by atoms with Crippen molar-refractivity contribution >= 4 is 60.9 Å². The lowest BCUT2D eigenvalue weighted by atomic mass is 9.92. The molecule has 0 atom stereocenters. The van der Waals surface area contributed by atoms with Gasteiger partial charge in [0.15, 0.2) is 17.5 Å². The van der Waals surface area contributed by atoms with Gasteiger partial charge in [-0.2, -0.15) is 0 Å². The van der Waals surface area contributed by atoms with Gasteiger partial charge in [0.1, 0.15) is 22.5 Å². The normalized spacial score (nSPS) is 12.2. The Morgan fingerprint density at radius 1 is 0.571 bits per heavy atom. The minimum absolute atomic E-state index is 0.552. The SMILES string of the molecule is C=Cc1oc2ccccc2c1/C(=C(\C)c1ccccc1)c1nc(-c2ccccc2)nc(-c2ccc3c(ccc4oc5ccccc5c43)c2)n1. The summed E-state index contributed by atoms with van der Waals surface area (Å²) < 4.78 is 12.5. The molecule has 0 spiro atoms. The zero-order valence-corrected chi connectivity index (χ0v) is 26.7. The number of hydrogen-bond donors (Lipinski definition) is 0. The van der Waals surface area contributed by atoms with E-state index in [0.717, 1.165) is 77.1 Å². The largest absolute Gasteiger partial charge is 0.456 e. The van der Waals surface area contributed by atoms with Crippen molar-refractivity contribution in [1.82, 2.24) is 15.0 Å². The van der Waals surface area contributed by atoms with Crippen LogP contribution in [0.3, 0.4) is 0 Å². The minimum Gasteiger partial charge on any atom is -0.456 e. The highest BCUT2D eigenvalue weighted by molar-refractivity contribution is 6.19. The van der Waals surface area contributed by atoms with Gasteiger partial charge < -0.3 is 8.83 Å².